The summed E-state index contributed by atoms with van der Waals surface area (Å²) in [4.78, 5) is 26.5. The minimum atomic E-state index is -4.06. The predicted molar refractivity (Wildman–Crippen MR) is 140 cm³/mol. The van der Waals surface area contributed by atoms with Gasteiger partial charge in [-0.05, 0) is 48.2 Å². The topological polar surface area (TPSA) is 113 Å². The van der Waals surface area contributed by atoms with Crippen LogP contribution in [0.15, 0.2) is 58.8 Å². The van der Waals surface area contributed by atoms with Crippen LogP contribution in [0, 0.1) is 0 Å². The third-order valence-electron chi connectivity index (χ3n) is 6.44. The highest BCUT2D eigenvalue weighted by molar-refractivity contribution is 8.18. The summed E-state index contributed by atoms with van der Waals surface area (Å²) in [6.45, 7) is 0.798. The number of ether oxygens (including phenoxy) is 1. The van der Waals surface area contributed by atoms with Crippen molar-refractivity contribution in [3.63, 3.8) is 0 Å². The standard InChI is InChI=1S/C25H27ClN2O6S2/c1-28(12-13-34-2)23(29)18-5-3-4-17(14-18)20-15-25(20,24(30)31)27-36(32,33)22-11-10-21(35-22)16-6-8-19(26)9-7-16/h3-9,11,14,20-21,27H,10,12-13,15H2,1-2H3,(H,30,31). The van der Waals surface area contributed by atoms with Gasteiger partial charge in [0.05, 0.1) is 6.61 Å². The Bertz CT molecular complexity index is 1300. The lowest BCUT2D eigenvalue weighted by molar-refractivity contribution is -0.140. The van der Waals surface area contributed by atoms with E-state index in [2.05, 4.69) is 4.72 Å². The number of hydrogen-bond donors (Lipinski definition) is 2. The molecule has 192 valence electrons. The fraction of sp³-hybridized carbons (Fsp3) is 0.360. The number of nitrogens with one attached hydrogen (secondary N) is 1. The normalized spacial score (nSPS) is 23.2. The van der Waals surface area contributed by atoms with Crippen LogP contribution in [0.2, 0.25) is 5.02 Å². The number of hydrogen-bond acceptors (Lipinski definition) is 6. The number of benzene rings is 2. The lowest BCUT2D eigenvalue weighted by Crippen LogP contribution is -2.44. The number of thioether (sulfide) groups is 1. The van der Waals surface area contributed by atoms with Crippen LogP contribution in [0.25, 0.3) is 0 Å². The van der Waals surface area contributed by atoms with Gasteiger partial charge in [-0.15, -0.1) is 11.8 Å². The Morgan fingerprint density at radius 2 is 1.94 bits per heavy atom. The van der Waals surface area contributed by atoms with Crippen LogP contribution in [0.3, 0.4) is 0 Å². The van der Waals surface area contributed by atoms with Crippen LogP contribution in [-0.2, 0) is 19.6 Å². The van der Waals surface area contributed by atoms with Crippen molar-refractivity contribution in [2.45, 2.75) is 29.5 Å². The maximum atomic E-state index is 13.2. The van der Waals surface area contributed by atoms with E-state index in [9.17, 15) is 23.1 Å². The monoisotopic (exact) mass is 550 g/mol. The number of sulfonamides is 1. The Morgan fingerprint density at radius 3 is 2.61 bits per heavy atom. The first-order valence-corrected chi connectivity index (χ1v) is 14.1. The number of carboxylic acids is 1. The summed E-state index contributed by atoms with van der Waals surface area (Å²) in [5.41, 5.74) is 0.278. The van der Waals surface area contributed by atoms with Gasteiger partial charge in [0.1, 0.15) is 9.78 Å². The van der Waals surface area contributed by atoms with E-state index in [-0.39, 0.29) is 21.8 Å². The fourth-order valence-corrected chi connectivity index (χ4v) is 7.55. The molecule has 1 aliphatic heterocycles. The molecule has 11 heteroatoms. The van der Waals surface area contributed by atoms with E-state index in [0.29, 0.717) is 35.7 Å². The van der Waals surface area contributed by atoms with Gasteiger partial charge < -0.3 is 14.7 Å². The first kappa shape index (κ1) is 26.7. The molecule has 1 fully saturated rings. The highest BCUT2D eigenvalue weighted by atomic mass is 35.5. The van der Waals surface area contributed by atoms with Crippen LogP contribution in [-0.4, -0.2) is 63.1 Å². The van der Waals surface area contributed by atoms with Crippen molar-refractivity contribution in [3.05, 3.63) is 80.6 Å². The van der Waals surface area contributed by atoms with Crippen LogP contribution < -0.4 is 4.72 Å². The van der Waals surface area contributed by atoms with Gasteiger partial charge in [0.25, 0.3) is 5.91 Å². The summed E-state index contributed by atoms with van der Waals surface area (Å²) >= 11 is 7.13. The number of likely N-dealkylation sites (N-methyl/N-ethyl adjacent to an activating group) is 1. The quantitative estimate of drug-likeness (QED) is 0.459. The zero-order valence-electron chi connectivity index (χ0n) is 19.8. The summed E-state index contributed by atoms with van der Waals surface area (Å²) in [5.74, 6) is -2.07. The molecule has 0 saturated heterocycles. The number of allylic oxidation sites excluding steroid dienone is 1. The SMILES string of the molecule is COCCN(C)C(=O)c1cccc(C2CC2(NS(=O)(=O)C2=CCC(c3ccc(Cl)cc3)S2)C(=O)O)c1. The third kappa shape index (κ3) is 5.47. The molecule has 0 radical (unpaired) electrons. The first-order valence-electron chi connectivity index (χ1n) is 11.3. The zero-order valence-corrected chi connectivity index (χ0v) is 22.2. The molecule has 2 N–H and O–H groups in total. The summed E-state index contributed by atoms with van der Waals surface area (Å²) < 4.78 is 34.0. The maximum absolute atomic E-state index is 13.2. The second kappa shape index (κ2) is 10.5. The molecule has 4 rings (SSSR count). The molecule has 2 aliphatic rings. The van der Waals surface area contributed by atoms with E-state index in [1.54, 1.807) is 56.6 Å². The fourth-order valence-electron chi connectivity index (χ4n) is 4.28. The van der Waals surface area contributed by atoms with Crippen molar-refractivity contribution >= 4 is 45.3 Å². The highest BCUT2D eigenvalue weighted by Gasteiger charge is 2.63. The number of halogens is 1. The molecular formula is C25H27ClN2O6S2. The minimum Gasteiger partial charge on any atom is -0.480 e. The van der Waals surface area contributed by atoms with Gasteiger partial charge in [0.2, 0.25) is 10.0 Å². The molecule has 1 saturated carbocycles. The van der Waals surface area contributed by atoms with E-state index >= 15 is 0 Å². The zero-order chi connectivity index (χ0) is 26.1. The minimum absolute atomic E-state index is 0.0945. The average molecular weight is 551 g/mol. The van der Waals surface area contributed by atoms with Crippen LogP contribution >= 0.6 is 23.4 Å². The molecule has 0 aromatic heterocycles. The van der Waals surface area contributed by atoms with Gasteiger partial charge in [-0.1, -0.05) is 41.9 Å². The van der Waals surface area contributed by atoms with Gasteiger partial charge in [-0.25, -0.2) is 8.42 Å². The molecule has 0 bridgehead atoms. The Balaban J connectivity index is 1.49. The lowest BCUT2D eigenvalue weighted by atomic mass is 10.0. The van der Waals surface area contributed by atoms with Gasteiger partial charge >= 0.3 is 5.97 Å². The van der Waals surface area contributed by atoms with Crippen molar-refractivity contribution in [1.29, 1.82) is 0 Å². The molecule has 1 heterocycles. The third-order valence-corrected chi connectivity index (χ3v) is 10.1. The summed E-state index contributed by atoms with van der Waals surface area (Å²) in [6, 6.07) is 13.9. The number of carboxylic acid groups (broad SMARTS) is 1. The molecule has 0 spiro atoms. The Kier molecular flexibility index (Phi) is 7.82. The van der Waals surface area contributed by atoms with E-state index < -0.39 is 27.4 Å². The number of carbonyl (C=O) groups is 2. The second-order valence-electron chi connectivity index (χ2n) is 8.90. The summed E-state index contributed by atoms with van der Waals surface area (Å²) in [7, 11) is -0.852. The van der Waals surface area contributed by atoms with E-state index in [1.165, 1.54) is 16.7 Å². The molecule has 36 heavy (non-hydrogen) atoms. The molecule has 3 atom stereocenters. The van der Waals surface area contributed by atoms with Crippen LogP contribution in [0.5, 0.6) is 0 Å². The van der Waals surface area contributed by atoms with Crippen molar-refractivity contribution in [1.82, 2.24) is 9.62 Å². The number of nitrogens with zero attached hydrogens (tertiary/aromatic N) is 1. The second-order valence-corrected chi connectivity index (χ2v) is 12.5. The number of aliphatic carboxylic acids is 1. The van der Waals surface area contributed by atoms with Gasteiger partial charge in [-0.2, -0.15) is 4.72 Å². The van der Waals surface area contributed by atoms with Crippen molar-refractivity contribution in [2.24, 2.45) is 0 Å². The Hall–Kier alpha value is -2.37. The van der Waals surface area contributed by atoms with Crippen LogP contribution in [0.1, 0.15) is 45.5 Å². The Labute approximate surface area is 219 Å². The molecule has 1 aliphatic carbocycles. The van der Waals surface area contributed by atoms with Gasteiger partial charge in [0, 0.05) is 42.5 Å². The van der Waals surface area contributed by atoms with E-state index in [0.717, 1.165) is 5.56 Å². The molecule has 2 aromatic carbocycles. The van der Waals surface area contributed by atoms with Gasteiger partial charge in [-0.3, -0.25) is 9.59 Å². The summed E-state index contributed by atoms with van der Waals surface area (Å²) in [6.07, 6.45) is 2.22. The average Bonchev–Trinajstić information content (AvgIpc) is 3.35. The maximum Gasteiger partial charge on any atom is 0.325 e. The van der Waals surface area contributed by atoms with Crippen molar-refractivity contribution in [2.75, 3.05) is 27.3 Å². The largest absolute Gasteiger partial charge is 0.480 e. The van der Waals surface area contributed by atoms with Crippen LogP contribution in [0.4, 0.5) is 0 Å². The Morgan fingerprint density at radius 1 is 1.22 bits per heavy atom. The molecule has 1 amide bonds. The van der Waals surface area contributed by atoms with Crippen molar-refractivity contribution < 1.29 is 27.9 Å². The first-order chi connectivity index (χ1) is 17.1. The van der Waals surface area contributed by atoms with E-state index in [1.807, 2.05) is 12.1 Å². The number of carbonyl (C=O) groups excluding carboxylic acids is 1. The van der Waals surface area contributed by atoms with Gasteiger partial charge in [0.15, 0.2) is 0 Å². The molecule has 3 unspecified atom stereocenters. The molecular weight excluding hydrogens is 524 g/mol. The van der Waals surface area contributed by atoms with E-state index in [4.69, 9.17) is 16.3 Å². The molecule has 2 aromatic rings. The predicted octanol–water partition coefficient (Wildman–Crippen LogP) is 4.01. The smallest absolute Gasteiger partial charge is 0.325 e. The number of rotatable bonds is 10. The van der Waals surface area contributed by atoms with Crippen molar-refractivity contribution in [3.8, 4) is 0 Å². The lowest BCUT2D eigenvalue weighted by Gasteiger charge is -2.18. The highest BCUT2D eigenvalue weighted by Crippen LogP contribution is 2.54. The molecule has 8 nitrogen and oxygen atoms in total. The summed E-state index contributed by atoms with van der Waals surface area (Å²) in [5, 5.41) is 10.5. The number of amides is 1. The number of methoxy groups -OCH3 is 1.